The van der Waals surface area contributed by atoms with Crippen molar-refractivity contribution in [2.24, 2.45) is 0 Å². The first-order valence-electron chi connectivity index (χ1n) is 12.9. The molecule has 0 bridgehead atoms. The molecule has 1 saturated heterocycles. The fourth-order valence-electron chi connectivity index (χ4n) is 4.33. The summed E-state index contributed by atoms with van der Waals surface area (Å²) >= 11 is 8.73. The summed E-state index contributed by atoms with van der Waals surface area (Å²) in [6, 6.07) is 18.5. The molecule has 11 heteroatoms. The number of unbranched alkanes of at least 4 members (excludes halogenated alkanes) is 1. The fourth-order valence-corrected chi connectivity index (χ4v) is 6.49. The highest BCUT2D eigenvalue weighted by Gasteiger charge is 2.49. The van der Waals surface area contributed by atoms with Crippen LogP contribution in [0.1, 0.15) is 42.5 Å². The number of thioether (sulfide) groups is 1. The third-order valence-corrected chi connectivity index (χ3v) is 8.92. The molecule has 0 aliphatic carbocycles. The Bertz CT molecular complexity index is 1610. The maximum absolute atomic E-state index is 15.2. The highest BCUT2D eigenvalue weighted by atomic mass is 35.5. The number of amides is 1. The molecule has 1 aliphatic rings. The van der Waals surface area contributed by atoms with Gasteiger partial charge in [-0.1, -0.05) is 84.4 Å². The van der Waals surface area contributed by atoms with E-state index in [2.05, 4.69) is 17.1 Å². The van der Waals surface area contributed by atoms with E-state index in [0.717, 1.165) is 34.6 Å². The van der Waals surface area contributed by atoms with Crippen molar-refractivity contribution in [2.75, 3.05) is 11.5 Å². The molecule has 5 rings (SSSR count). The van der Waals surface area contributed by atoms with Crippen LogP contribution in [-0.4, -0.2) is 33.6 Å². The third kappa shape index (κ3) is 6.14. The first-order valence-corrected chi connectivity index (χ1v) is 15.1. The van der Waals surface area contributed by atoms with Gasteiger partial charge >= 0.3 is 5.91 Å². The minimum atomic E-state index is -1.24. The Labute approximate surface area is 249 Å². The standard InChI is InChI=1S/C30H25ClFN3O4S2/c1-2-3-16-39-20-14-12-18(13-15-20)26(36)24-25(21-9-5-7-11-23(21)32)35(28(38)27(24)37)29-33-34-30(41-29)40-17-19-8-4-6-10-22(19)31/h4-15,25,36H,2-3,16-17H2,1H3/t25-/m1/s1. The number of Topliss-reactive ketones (excluding diaryl/α,β-unsaturated/α-hetero) is 1. The molecule has 0 saturated carbocycles. The second-order valence-corrected chi connectivity index (χ2v) is 11.7. The van der Waals surface area contributed by atoms with Crippen molar-refractivity contribution in [3.05, 3.63) is 106 Å². The van der Waals surface area contributed by atoms with E-state index in [-0.39, 0.29) is 16.3 Å². The van der Waals surface area contributed by atoms with E-state index in [1.165, 1.54) is 30.0 Å². The minimum absolute atomic E-state index is 0.0493. The number of nitrogens with zero attached hydrogens (tertiary/aromatic N) is 3. The van der Waals surface area contributed by atoms with E-state index < -0.39 is 29.3 Å². The van der Waals surface area contributed by atoms with Crippen LogP contribution in [0.4, 0.5) is 9.52 Å². The van der Waals surface area contributed by atoms with Crippen molar-refractivity contribution in [2.45, 2.75) is 35.9 Å². The summed E-state index contributed by atoms with van der Waals surface area (Å²) in [6.45, 7) is 2.62. The smallest absolute Gasteiger partial charge is 0.301 e. The quantitative estimate of drug-likeness (QED) is 0.0499. The van der Waals surface area contributed by atoms with Crippen LogP contribution in [-0.2, 0) is 15.3 Å². The number of benzene rings is 3. The number of hydrogen-bond donors (Lipinski definition) is 1. The van der Waals surface area contributed by atoms with Gasteiger partial charge in [-0.3, -0.25) is 14.5 Å². The van der Waals surface area contributed by atoms with Crippen molar-refractivity contribution in [1.82, 2.24) is 10.2 Å². The Balaban J connectivity index is 1.50. The first kappa shape index (κ1) is 28.8. The average Bonchev–Trinajstić information content (AvgIpc) is 3.55. The zero-order valence-corrected chi connectivity index (χ0v) is 24.3. The summed E-state index contributed by atoms with van der Waals surface area (Å²) in [5.74, 6) is -1.80. The van der Waals surface area contributed by atoms with Gasteiger partial charge < -0.3 is 9.84 Å². The van der Waals surface area contributed by atoms with Gasteiger partial charge in [-0.15, -0.1) is 10.2 Å². The zero-order chi connectivity index (χ0) is 28.9. The minimum Gasteiger partial charge on any atom is -0.507 e. The van der Waals surface area contributed by atoms with E-state index in [1.807, 2.05) is 18.2 Å². The molecule has 1 N–H and O–H groups in total. The van der Waals surface area contributed by atoms with Crippen LogP contribution < -0.4 is 9.64 Å². The Morgan fingerprint density at radius 2 is 1.80 bits per heavy atom. The number of ketones is 1. The number of hydrogen-bond acceptors (Lipinski definition) is 8. The predicted molar refractivity (Wildman–Crippen MR) is 159 cm³/mol. The van der Waals surface area contributed by atoms with Crippen LogP contribution in [0.5, 0.6) is 5.75 Å². The number of rotatable bonds is 10. The molecular weight excluding hydrogens is 585 g/mol. The highest BCUT2D eigenvalue weighted by molar-refractivity contribution is 8.00. The van der Waals surface area contributed by atoms with E-state index >= 15 is 4.39 Å². The molecule has 0 spiro atoms. The second kappa shape index (κ2) is 12.8. The number of aliphatic hydroxyl groups is 1. The van der Waals surface area contributed by atoms with Crippen molar-refractivity contribution >= 4 is 57.3 Å². The fraction of sp³-hybridized carbons (Fsp3) is 0.200. The lowest BCUT2D eigenvalue weighted by atomic mass is 9.95. The van der Waals surface area contributed by atoms with Crippen LogP contribution in [0.25, 0.3) is 5.76 Å². The lowest BCUT2D eigenvalue weighted by Crippen LogP contribution is -2.29. The molecule has 4 aromatic rings. The molecule has 0 unspecified atom stereocenters. The van der Waals surface area contributed by atoms with Gasteiger partial charge in [0, 0.05) is 21.9 Å². The molecule has 7 nitrogen and oxygen atoms in total. The number of aromatic nitrogens is 2. The number of ether oxygens (including phenoxy) is 1. The molecule has 210 valence electrons. The number of halogens is 2. The lowest BCUT2D eigenvalue weighted by molar-refractivity contribution is -0.132. The van der Waals surface area contributed by atoms with E-state index in [4.69, 9.17) is 16.3 Å². The maximum atomic E-state index is 15.2. The molecule has 1 aromatic heterocycles. The Morgan fingerprint density at radius 3 is 2.54 bits per heavy atom. The molecule has 3 aromatic carbocycles. The van der Waals surface area contributed by atoms with Crippen LogP contribution >= 0.6 is 34.7 Å². The predicted octanol–water partition coefficient (Wildman–Crippen LogP) is 7.43. The second-order valence-electron chi connectivity index (χ2n) is 9.15. The van der Waals surface area contributed by atoms with Crippen molar-refractivity contribution in [3.8, 4) is 5.75 Å². The van der Waals surface area contributed by atoms with E-state index in [0.29, 0.717) is 33.0 Å². The Hall–Kier alpha value is -3.73. The molecule has 1 fully saturated rings. The topological polar surface area (TPSA) is 92.6 Å². The molecule has 2 heterocycles. The van der Waals surface area contributed by atoms with Gasteiger partial charge in [0.05, 0.1) is 12.2 Å². The molecule has 41 heavy (non-hydrogen) atoms. The SMILES string of the molecule is CCCCOc1ccc(C(O)=C2C(=O)C(=O)N(c3nnc(SCc4ccccc4Cl)s3)[C@@H]2c2ccccc2F)cc1. The van der Waals surface area contributed by atoms with Crippen molar-refractivity contribution in [3.63, 3.8) is 0 Å². The molecular formula is C30H25ClFN3O4S2. The van der Waals surface area contributed by atoms with Gasteiger partial charge in [-0.05, 0) is 48.4 Å². The van der Waals surface area contributed by atoms with Gasteiger partial charge in [0.25, 0.3) is 5.78 Å². The summed E-state index contributed by atoms with van der Waals surface area (Å²) in [6.07, 6.45) is 1.89. The summed E-state index contributed by atoms with van der Waals surface area (Å²) in [7, 11) is 0. The molecule has 1 atom stereocenters. The molecule has 0 radical (unpaired) electrons. The largest absolute Gasteiger partial charge is 0.507 e. The van der Waals surface area contributed by atoms with Gasteiger partial charge in [-0.2, -0.15) is 0 Å². The van der Waals surface area contributed by atoms with E-state index in [9.17, 15) is 14.7 Å². The summed E-state index contributed by atoms with van der Waals surface area (Å²) in [4.78, 5) is 27.9. The summed E-state index contributed by atoms with van der Waals surface area (Å²) < 4.78 is 21.4. The van der Waals surface area contributed by atoms with Crippen LogP contribution in [0.15, 0.2) is 82.7 Å². The van der Waals surface area contributed by atoms with Crippen LogP contribution in [0.2, 0.25) is 5.02 Å². The van der Waals surface area contributed by atoms with Crippen molar-refractivity contribution < 1.29 is 23.8 Å². The zero-order valence-electron chi connectivity index (χ0n) is 21.9. The van der Waals surface area contributed by atoms with Gasteiger partial charge in [0.1, 0.15) is 23.4 Å². The lowest BCUT2D eigenvalue weighted by Gasteiger charge is -2.22. The molecule has 1 aliphatic heterocycles. The van der Waals surface area contributed by atoms with E-state index in [1.54, 1.807) is 36.4 Å². The Morgan fingerprint density at radius 1 is 1.07 bits per heavy atom. The van der Waals surface area contributed by atoms with Gasteiger partial charge in [0.15, 0.2) is 4.34 Å². The number of carbonyl (C=O) groups excluding carboxylic acids is 2. The third-order valence-electron chi connectivity index (χ3n) is 6.45. The number of carbonyl (C=O) groups is 2. The number of anilines is 1. The number of aliphatic hydroxyl groups excluding tert-OH is 1. The normalized spacial score (nSPS) is 16.4. The first-order chi connectivity index (χ1) is 19.9. The molecule has 1 amide bonds. The average molecular weight is 610 g/mol. The summed E-state index contributed by atoms with van der Waals surface area (Å²) in [5, 5.41) is 20.4. The van der Waals surface area contributed by atoms with Crippen LogP contribution in [0.3, 0.4) is 0 Å². The maximum Gasteiger partial charge on any atom is 0.301 e. The van der Waals surface area contributed by atoms with Crippen molar-refractivity contribution in [1.29, 1.82) is 0 Å². The van der Waals surface area contributed by atoms with Crippen LogP contribution in [0, 0.1) is 5.82 Å². The van der Waals surface area contributed by atoms with Gasteiger partial charge in [-0.25, -0.2) is 4.39 Å². The Kier molecular flexibility index (Phi) is 9.02. The monoisotopic (exact) mass is 609 g/mol. The van der Waals surface area contributed by atoms with Gasteiger partial charge in [0.2, 0.25) is 5.13 Å². The highest BCUT2D eigenvalue weighted by Crippen LogP contribution is 2.44. The summed E-state index contributed by atoms with van der Waals surface area (Å²) in [5.41, 5.74) is 1.01.